The molecule has 0 atom stereocenters. The van der Waals surface area contributed by atoms with E-state index in [1.165, 1.54) is 16.8 Å². The largest absolute Gasteiger partial charge is 0.454 e. The molecule has 3 heterocycles. The van der Waals surface area contributed by atoms with Gasteiger partial charge in [-0.15, -0.1) is 5.10 Å². The van der Waals surface area contributed by atoms with Gasteiger partial charge >= 0.3 is 6.03 Å². The topological polar surface area (TPSA) is 96.5 Å². The molecule has 180 valence electrons. The Bertz CT molecular complexity index is 1490. The van der Waals surface area contributed by atoms with Crippen molar-refractivity contribution in [1.82, 2.24) is 19.9 Å². The van der Waals surface area contributed by atoms with Crippen LogP contribution in [0.1, 0.15) is 18.4 Å². The molecule has 0 aliphatic carbocycles. The highest BCUT2D eigenvalue weighted by molar-refractivity contribution is 5.88. The molecule has 0 saturated carbocycles. The number of anilines is 2. The van der Waals surface area contributed by atoms with E-state index in [9.17, 15) is 9.18 Å². The van der Waals surface area contributed by atoms with Gasteiger partial charge in [-0.25, -0.2) is 9.18 Å². The number of aromatic nitrogens is 3. The highest BCUT2D eigenvalue weighted by atomic mass is 19.1. The lowest BCUT2D eigenvalue weighted by atomic mass is 10.0. The van der Waals surface area contributed by atoms with E-state index in [-0.39, 0.29) is 24.7 Å². The third kappa shape index (κ3) is 3.84. The Labute approximate surface area is 205 Å². The van der Waals surface area contributed by atoms with Gasteiger partial charge < -0.3 is 19.3 Å². The molecule has 0 N–H and O–H groups in total. The lowest BCUT2D eigenvalue weighted by Crippen LogP contribution is -2.47. The molecule has 4 aromatic rings. The van der Waals surface area contributed by atoms with Crippen molar-refractivity contribution in [2.45, 2.75) is 18.9 Å². The van der Waals surface area contributed by atoms with Gasteiger partial charge in [0.1, 0.15) is 11.3 Å². The monoisotopic (exact) mass is 484 g/mol. The van der Waals surface area contributed by atoms with Crippen LogP contribution in [-0.2, 0) is 0 Å². The molecule has 3 aromatic carbocycles. The minimum absolute atomic E-state index is 0.0746. The van der Waals surface area contributed by atoms with Gasteiger partial charge in [-0.1, -0.05) is 5.21 Å². The summed E-state index contributed by atoms with van der Waals surface area (Å²) < 4.78 is 26.0. The maximum absolute atomic E-state index is 13.7. The van der Waals surface area contributed by atoms with Crippen LogP contribution in [0.3, 0.4) is 0 Å². The van der Waals surface area contributed by atoms with Gasteiger partial charge in [0.15, 0.2) is 11.5 Å². The van der Waals surface area contributed by atoms with E-state index in [1.54, 1.807) is 35.2 Å². The van der Waals surface area contributed by atoms with Crippen molar-refractivity contribution in [2.75, 3.05) is 24.8 Å². The van der Waals surface area contributed by atoms with Crippen LogP contribution in [0.15, 0.2) is 60.7 Å². The van der Waals surface area contributed by atoms with Gasteiger partial charge in [0, 0.05) is 36.6 Å². The molecule has 0 unspecified atom stereocenters. The van der Waals surface area contributed by atoms with Crippen molar-refractivity contribution in [2.24, 2.45) is 0 Å². The van der Waals surface area contributed by atoms with Crippen LogP contribution in [0.5, 0.6) is 11.5 Å². The number of benzene rings is 3. The normalized spacial score (nSPS) is 15.2. The molecule has 6 rings (SSSR count). The Morgan fingerprint density at radius 2 is 1.75 bits per heavy atom. The Hall–Kier alpha value is -4.65. The SMILES string of the molecule is N#Cc1ccc2c(c1)nnn2C(=O)N1CCC(N(c2ccc(F)cc2)c2ccc3c(c2)OCO3)CC1. The van der Waals surface area contributed by atoms with E-state index < -0.39 is 0 Å². The molecule has 1 fully saturated rings. The van der Waals surface area contributed by atoms with Gasteiger partial charge in [-0.3, -0.25) is 0 Å². The number of piperidine rings is 1. The third-order valence-electron chi connectivity index (χ3n) is 6.60. The van der Waals surface area contributed by atoms with Crippen molar-refractivity contribution in [1.29, 1.82) is 5.26 Å². The quantitative estimate of drug-likeness (QED) is 0.424. The molecule has 10 heteroatoms. The number of nitriles is 1. The molecule has 0 bridgehead atoms. The predicted octanol–water partition coefficient (Wildman–Crippen LogP) is 4.44. The zero-order valence-electron chi connectivity index (χ0n) is 19.2. The van der Waals surface area contributed by atoms with Crippen LogP contribution in [0.25, 0.3) is 11.0 Å². The summed E-state index contributed by atoms with van der Waals surface area (Å²) in [4.78, 5) is 17.2. The average Bonchev–Trinajstić information content (AvgIpc) is 3.56. The number of amides is 1. The average molecular weight is 484 g/mol. The van der Waals surface area contributed by atoms with Crippen LogP contribution < -0.4 is 14.4 Å². The van der Waals surface area contributed by atoms with Gasteiger partial charge in [-0.05, 0) is 67.4 Å². The summed E-state index contributed by atoms with van der Waals surface area (Å²) in [5.41, 5.74) is 3.30. The second-order valence-corrected chi connectivity index (χ2v) is 8.70. The summed E-state index contributed by atoms with van der Waals surface area (Å²) in [7, 11) is 0. The Morgan fingerprint density at radius 1 is 1.00 bits per heavy atom. The molecule has 2 aliphatic heterocycles. The van der Waals surface area contributed by atoms with Crippen LogP contribution in [0, 0.1) is 17.1 Å². The van der Waals surface area contributed by atoms with Gasteiger partial charge in [-0.2, -0.15) is 9.94 Å². The smallest absolute Gasteiger partial charge is 0.346 e. The highest BCUT2D eigenvalue weighted by Crippen LogP contribution is 2.39. The van der Waals surface area contributed by atoms with Crippen molar-refractivity contribution in [3.63, 3.8) is 0 Å². The van der Waals surface area contributed by atoms with Crippen LogP contribution in [0.4, 0.5) is 20.6 Å². The predicted molar refractivity (Wildman–Crippen MR) is 129 cm³/mol. The summed E-state index contributed by atoms with van der Waals surface area (Å²) >= 11 is 0. The minimum Gasteiger partial charge on any atom is -0.454 e. The first-order valence-electron chi connectivity index (χ1n) is 11.6. The number of nitrogens with zero attached hydrogens (tertiary/aromatic N) is 6. The number of hydrogen-bond donors (Lipinski definition) is 0. The number of rotatable bonds is 3. The van der Waals surface area contributed by atoms with E-state index in [2.05, 4.69) is 21.3 Å². The molecule has 1 amide bonds. The maximum Gasteiger partial charge on any atom is 0.346 e. The molecule has 36 heavy (non-hydrogen) atoms. The number of carbonyl (C=O) groups excluding carboxylic acids is 1. The van der Waals surface area contributed by atoms with Crippen molar-refractivity contribution in [3.8, 4) is 17.6 Å². The van der Waals surface area contributed by atoms with E-state index in [4.69, 9.17) is 14.7 Å². The number of carbonyl (C=O) groups is 1. The van der Waals surface area contributed by atoms with E-state index >= 15 is 0 Å². The van der Waals surface area contributed by atoms with Gasteiger partial charge in [0.05, 0.1) is 17.1 Å². The molecule has 1 saturated heterocycles. The lowest BCUT2D eigenvalue weighted by molar-refractivity contribution is 0.174. The molecule has 0 spiro atoms. The summed E-state index contributed by atoms with van der Waals surface area (Å²) in [6, 6.07) is 19.0. The zero-order valence-corrected chi connectivity index (χ0v) is 19.2. The number of halogens is 1. The maximum atomic E-state index is 13.7. The zero-order chi connectivity index (χ0) is 24.6. The number of ether oxygens (including phenoxy) is 2. The number of hydrogen-bond acceptors (Lipinski definition) is 7. The third-order valence-corrected chi connectivity index (χ3v) is 6.60. The summed E-state index contributed by atoms with van der Waals surface area (Å²) in [5.74, 6) is 1.07. The molecule has 2 aliphatic rings. The summed E-state index contributed by atoms with van der Waals surface area (Å²) in [6.07, 6.45) is 1.39. The Kier molecular flexibility index (Phi) is 5.37. The molecular formula is C26H21FN6O3. The fourth-order valence-electron chi connectivity index (χ4n) is 4.79. The van der Waals surface area contributed by atoms with Crippen molar-refractivity contribution in [3.05, 3.63) is 72.0 Å². The number of fused-ring (bicyclic) bond motifs is 2. The first-order chi connectivity index (χ1) is 17.6. The van der Waals surface area contributed by atoms with Crippen LogP contribution >= 0.6 is 0 Å². The highest BCUT2D eigenvalue weighted by Gasteiger charge is 2.30. The van der Waals surface area contributed by atoms with Crippen LogP contribution in [0.2, 0.25) is 0 Å². The second-order valence-electron chi connectivity index (χ2n) is 8.70. The molecule has 1 aromatic heterocycles. The van der Waals surface area contributed by atoms with Gasteiger partial charge in [0.25, 0.3) is 0 Å². The standard InChI is InChI=1S/C26H21FN6O3/c27-18-2-4-19(5-3-18)32(21-6-8-24-25(14-21)36-16-35-24)20-9-11-31(12-10-20)26(34)33-23-7-1-17(15-28)13-22(23)29-30-33/h1-8,13-14,20H,9-12,16H2. The second kappa shape index (κ2) is 8.85. The van der Waals surface area contributed by atoms with Crippen molar-refractivity contribution < 1.29 is 18.7 Å². The van der Waals surface area contributed by atoms with E-state index in [0.29, 0.717) is 54.0 Å². The fourth-order valence-corrected chi connectivity index (χ4v) is 4.79. The first kappa shape index (κ1) is 21.9. The van der Waals surface area contributed by atoms with E-state index in [1.807, 2.05) is 18.2 Å². The lowest BCUT2D eigenvalue weighted by Gasteiger charge is -2.39. The molecule has 0 radical (unpaired) electrons. The molecule has 9 nitrogen and oxygen atoms in total. The number of likely N-dealkylation sites (tertiary alicyclic amines) is 1. The summed E-state index contributed by atoms with van der Waals surface area (Å²) in [6.45, 7) is 1.22. The summed E-state index contributed by atoms with van der Waals surface area (Å²) in [5, 5.41) is 17.2. The van der Waals surface area contributed by atoms with E-state index in [0.717, 1.165) is 11.4 Å². The Morgan fingerprint density at radius 3 is 2.53 bits per heavy atom. The minimum atomic E-state index is -0.299. The Balaban J connectivity index is 1.24. The van der Waals surface area contributed by atoms with Gasteiger partial charge in [0.2, 0.25) is 6.79 Å². The van der Waals surface area contributed by atoms with Crippen molar-refractivity contribution >= 4 is 28.4 Å². The fraction of sp³-hybridized carbons (Fsp3) is 0.231. The van der Waals surface area contributed by atoms with Crippen LogP contribution in [-0.4, -0.2) is 51.8 Å². The first-order valence-corrected chi connectivity index (χ1v) is 11.6. The molecular weight excluding hydrogens is 463 g/mol.